The zero-order valence-electron chi connectivity index (χ0n) is 15.9. The molecule has 4 rings (SSSR count). The lowest BCUT2D eigenvalue weighted by Crippen LogP contribution is -2.66. The molecule has 4 nitrogen and oxygen atoms in total. The predicted molar refractivity (Wildman–Crippen MR) is 96.0 cm³/mol. The first kappa shape index (κ1) is 17.3. The molecule has 4 aliphatic heterocycles. The second-order valence-corrected chi connectivity index (χ2v) is 9.36. The molecule has 24 heavy (non-hydrogen) atoms. The molecular formula is C20H36N2O2. The molecule has 4 fully saturated rings. The van der Waals surface area contributed by atoms with Crippen molar-refractivity contribution in [1.29, 1.82) is 0 Å². The highest BCUT2D eigenvalue weighted by Crippen LogP contribution is 2.45. The van der Waals surface area contributed by atoms with Gasteiger partial charge in [-0.15, -0.1) is 0 Å². The van der Waals surface area contributed by atoms with Gasteiger partial charge in [-0.1, -0.05) is 0 Å². The third-order valence-corrected chi connectivity index (χ3v) is 7.10. The van der Waals surface area contributed by atoms with E-state index in [-0.39, 0.29) is 5.72 Å². The number of hydrogen-bond acceptors (Lipinski definition) is 4. The van der Waals surface area contributed by atoms with E-state index in [9.17, 15) is 0 Å². The van der Waals surface area contributed by atoms with Crippen LogP contribution in [0.4, 0.5) is 0 Å². The first-order valence-corrected chi connectivity index (χ1v) is 10.2. The van der Waals surface area contributed by atoms with Crippen molar-refractivity contribution >= 4 is 0 Å². The van der Waals surface area contributed by atoms with Crippen LogP contribution in [0.1, 0.15) is 59.3 Å². The first-order valence-electron chi connectivity index (χ1n) is 10.2. The summed E-state index contributed by atoms with van der Waals surface area (Å²) in [6.07, 6.45) is 7.70. The van der Waals surface area contributed by atoms with Crippen molar-refractivity contribution < 1.29 is 9.47 Å². The Morgan fingerprint density at radius 1 is 1.12 bits per heavy atom. The van der Waals surface area contributed by atoms with Gasteiger partial charge in [-0.25, -0.2) is 0 Å². The molecule has 4 heteroatoms. The van der Waals surface area contributed by atoms with Crippen molar-refractivity contribution in [2.75, 3.05) is 39.5 Å². The van der Waals surface area contributed by atoms with Crippen LogP contribution >= 0.6 is 0 Å². The molecule has 4 aliphatic rings. The zero-order chi connectivity index (χ0) is 16.8. The van der Waals surface area contributed by atoms with Crippen LogP contribution in [-0.4, -0.2) is 67.1 Å². The smallest absolute Gasteiger partial charge is 0.123 e. The molecule has 0 aromatic heterocycles. The Morgan fingerprint density at radius 2 is 1.96 bits per heavy atom. The Bertz CT molecular complexity index is 441. The Morgan fingerprint density at radius 3 is 2.58 bits per heavy atom. The van der Waals surface area contributed by atoms with Gasteiger partial charge in [0.2, 0.25) is 0 Å². The summed E-state index contributed by atoms with van der Waals surface area (Å²) in [4.78, 5) is 5.25. The maximum Gasteiger partial charge on any atom is 0.123 e. The number of likely N-dealkylation sites (tertiary alicyclic amines) is 2. The lowest BCUT2D eigenvalue weighted by molar-refractivity contribution is -0.252. The summed E-state index contributed by atoms with van der Waals surface area (Å²) < 4.78 is 12.3. The van der Waals surface area contributed by atoms with Crippen LogP contribution < -0.4 is 0 Å². The molecule has 138 valence electrons. The van der Waals surface area contributed by atoms with E-state index in [1.165, 1.54) is 58.2 Å². The van der Waals surface area contributed by atoms with E-state index in [0.29, 0.717) is 17.5 Å². The summed E-state index contributed by atoms with van der Waals surface area (Å²) >= 11 is 0. The third kappa shape index (κ3) is 3.04. The molecule has 0 radical (unpaired) electrons. The van der Waals surface area contributed by atoms with Gasteiger partial charge in [0, 0.05) is 56.8 Å². The molecule has 0 N–H and O–H groups in total. The topological polar surface area (TPSA) is 24.9 Å². The minimum Gasteiger partial charge on any atom is -0.380 e. The molecule has 4 heterocycles. The fourth-order valence-electron chi connectivity index (χ4n) is 5.71. The van der Waals surface area contributed by atoms with Crippen molar-refractivity contribution in [2.45, 2.75) is 77.1 Å². The lowest BCUT2D eigenvalue weighted by Gasteiger charge is -2.58. The van der Waals surface area contributed by atoms with Crippen LogP contribution in [0.2, 0.25) is 0 Å². The standard InChI is InChI=1S/C20H36N2O2/c1-16(2)21-13-19(14-21)11-18(12-23-15-19)10-17(3)22-8-7-20(22)6-4-5-9-24-20/h16-18H,4-15H2,1-3H3. The van der Waals surface area contributed by atoms with E-state index in [1.807, 2.05) is 0 Å². The highest BCUT2D eigenvalue weighted by atomic mass is 16.5. The highest BCUT2D eigenvalue weighted by molar-refractivity contribution is 5.01. The van der Waals surface area contributed by atoms with Gasteiger partial charge in [0.05, 0.1) is 6.61 Å². The summed E-state index contributed by atoms with van der Waals surface area (Å²) in [5.74, 6) is 0.726. The summed E-state index contributed by atoms with van der Waals surface area (Å²) in [7, 11) is 0. The van der Waals surface area contributed by atoms with Crippen molar-refractivity contribution in [3.05, 3.63) is 0 Å². The van der Waals surface area contributed by atoms with Gasteiger partial charge in [-0.05, 0) is 58.8 Å². The quantitative estimate of drug-likeness (QED) is 0.787. The Balaban J connectivity index is 1.31. The van der Waals surface area contributed by atoms with Crippen LogP contribution in [0.5, 0.6) is 0 Å². The minimum atomic E-state index is 0.107. The van der Waals surface area contributed by atoms with Gasteiger partial charge >= 0.3 is 0 Å². The van der Waals surface area contributed by atoms with Crippen LogP contribution in [0.25, 0.3) is 0 Å². The molecule has 3 atom stereocenters. The average Bonchev–Trinajstić information content (AvgIpc) is 2.52. The first-order chi connectivity index (χ1) is 11.5. The van der Waals surface area contributed by atoms with Crippen molar-refractivity contribution in [2.24, 2.45) is 11.3 Å². The Labute approximate surface area is 147 Å². The maximum absolute atomic E-state index is 6.23. The zero-order valence-corrected chi connectivity index (χ0v) is 15.9. The maximum atomic E-state index is 6.23. The van der Waals surface area contributed by atoms with Gasteiger partial charge in [0.1, 0.15) is 5.72 Å². The fourth-order valence-corrected chi connectivity index (χ4v) is 5.71. The van der Waals surface area contributed by atoms with Gasteiger partial charge < -0.3 is 9.47 Å². The largest absolute Gasteiger partial charge is 0.380 e. The molecule has 3 unspecified atom stereocenters. The van der Waals surface area contributed by atoms with Crippen molar-refractivity contribution in [3.63, 3.8) is 0 Å². The summed E-state index contributed by atoms with van der Waals surface area (Å²) in [5, 5.41) is 0. The predicted octanol–water partition coefficient (Wildman–Crippen LogP) is 3.11. The summed E-state index contributed by atoms with van der Waals surface area (Å²) in [6, 6.07) is 1.31. The Kier molecular flexibility index (Phi) is 4.70. The molecule has 0 saturated carbocycles. The SMILES string of the molecule is CC(C)N1CC2(COCC(CC(C)N3CCC34CCCCO4)C2)C1. The van der Waals surface area contributed by atoms with Crippen molar-refractivity contribution in [3.8, 4) is 0 Å². The van der Waals surface area contributed by atoms with E-state index >= 15 is 0 Å². The second-order valence-electron chi connectivity index (χ2n) is 9.36. The van der Waals surface area contributed by atoms with Crippen LogP contribution in [0.15, 0.2) is 0 Å². The van der Waals surface area contributed by atoms with Gasteiger partial charge in [-0.2, -0.15) is 0 Å². The number of ether oxygens (including phenoxy) is 2. The van der Waals surface area contributed by atoms with Crippen LogP contribution in [0.3, 0.4) is 0 Å². The van der Waals surface area contributed by atoms with Gasteiger partial charge in [0.25, 0.3) is 0 Å². The molecule has 0 aromatic rings. The van der Waals surface area contributed by atoms with Gasteiger partial charge in [-0.3, -0.25) is 9.80 Å². The van der Waals surface area contributed by atoms with Crippen LogP contribution in [0, 0.1) is 11.3 Å². The molecule has 4 saturated heterocycles. The molecule has 0 amide bonds. The second kappa shape index (κ2) is 6.53. The van der Waals surface area contributed by atoms with E-state index < -0.39 is 0 Å². The third-order valence-electron chi connectivity index (χ3n) is 7.10. The van der Waals surface area contributed by atoms with Crippen molar-refractivity contribution in [1.82, 2.24) is 9.80 Å². The van der Waals surface area contributed by atoms with E-state index in [4.69, 9.17) is 9.47 Å². The minimum absolute atomic E-state index is 0.107. The molecular weight excluding hydrogens is 300 g/mol. The number of hydrogen-bond donors (Lipinski definition) is 0. The number of rotatable bonds is 4. The normalized spacial score (nSPS) is 38.2. The lowest BCUT2D eigenvalue weighted by atomic mass is 9.70. The monoisotopic (exact) mass is 336 g/mol. The molecule has 0 aliphatic carbocycles. The molecule has 0 aromatic carbocycles. The highest BCUT2D eigenvalue weighted by Gasteiger charge is 2.50. The molecule has 2 spiro atoms. The van der Waals surface area contributed by atoms with Gasteiger partial charge in [0.15, 0.2) is 0 Å². The van der Waals surface area contributed by atoms with E-state index in [2.05, 4.69) is 30.6 Å². The molecule has 0 bridgehead atoms. The summed E-state index contributed by atoms with van der Waals surface area (Å²) in [5.41, 5.74) is 0.566. The summed E-state index contributed by atoms with van der Waals surface area (Å²) in [6.45, 7) is 13.7. The number of nitrogens with zero attached hydrogens (tertiary/aromatic N) is 2. The van der Waals surface area contributed by atoms with Crippen LogP contribution in [-0.2, 0) is 9.47 Å². The Hall–Kier alpha value is -0.160. The van der Waals surface area contributed by atoms with E-state index in [0.717, 1.165) is 25.7 Å². The average molecular weight is 337 g/mol. The fraction of sp³-hybridized carbons (Fsp3) is 1.00. The van der Waals surface area contributed by atoms with E-state index in [1.54, 1.807) is 0 Å².